The molecule has 0 saturated heterocycles. The van der Waals surface area contributed by atoms with Crippen LogP contribution in [0.3, 0.4) is 0 Å². The lowest BCUT2D eigenvalue weighted by molar-refractivity contribution is -0.123. The molecule has 0 aliphatic heterocycles. The molecule has 1 rings (SSSR count). The van der Waals surface area contributed by atoms with E-state index in [1.807, 2.05) is 0 Å². The normalized spacial score (nSPS) is 11.8. The fraction of sp³-hybridized carbons (Fsp3) is 0.429. The molecule has 0 spiro atoms. The molecule has 0 aliphatic carbocycles. The first kappa shape index (κ1) is 17.1. The Morgan fingerprint density at radius 2 is 2.05 bits per heavy atom. The van der Waals surface area contributed by atoms with Crippen molar-refractivity contribution in [2.75, 3.05) is 32.1 Å². The highest BCUT2D eigenvalue weighted by Crippen LogP contribution is 2.11. The van der Waals surface area contributed by atoms with Gasteiger partial charge in [0.2, 0.25) is 11.8 Å². The predicted octanol–water partition coefficient (Wildman–Crippen LogP) is 0.505. The number of hydrogen-bond donors (Lipinski definition) is 3. The largest absolute Gasteiger partial charge is 0.383 e. The average molecular weight is 297 g/mol. The molecule has 6 nitrogen and oxygen atoms in total. The van der Waals surface area contributed by atoms with Crippen LogP contribution in [0.1, 0.15) is 6.92 Å². The van der Waals surface area contributed by atoms with Gasteiger partial charge in [-0.25, -0.2) is 4.39 Å². The minimum Gasteiger partial charge on any atom is -0.383 e. The zero-order valence-electron chi connectivity index (χ0n) is 12.1. The maximum atomic E-state index is 13.3. The van der Waals surface area contributed by atoms with Crippen molar-refractivity contribution in [3.8, 4) is 0 Å². The highest BCUT2D eigenvalue weighted by molar-refractivity contribution is 5.93. The van der Waals surface area contributed by atoms with Crippen LogP contribution in [-0.4, -0.2) is 44.7 Å². The van der Waals surface area contributed by atoms with Crippen LogP contribution in [0, 0.1) is 5.82 Å². The van der Waals surface area contributed by atoms with Gasteiger partial charge in [-0.1, -0.05) is 12.1 Å². The lowest BCUT2D eigenvalue weighted by Gasteiger charge is -2.14. The molecular weight excluding hydrogens is 277 g/mol. The first-order valence-electron chi connectivity index (χ1n) is 6.59. The van der Waals surface area contributed by atoms with Gasteiger partial charge in [-0.15, -0.1) is 0 Å². The molecule has 0 heterocycles. The smallest absolute Gasteiger partial charge is 0.238 e. The second kappa shape index (κ2) is 9.04. The maximum Gasteiger partial charge on any atom is 0.238 e. The van der Waals surface area contributed by atoms with E-state index in [0.29, 0.717) is 13.2 Å². The summed E-state index contributed by atoms with van der Waals surface area (Å²) in [5.41, 5.74) is 0.112. The molecule has 1 aromatic rings. The number of rotatable bonds is 8. The fourth-order valence-electron chi connectivity index (χ4n) is 1.52. The molecule has 2 amide bonds. The Kier molecular flexibility index (Phi) is 7.34. The Labute approximate surface area is 123 Å². The number of nitrogens with one attached hydrogen (secondary N) is 3. The highest BCUT2D eigenvalue weighted by Gasteiger charge is 2.13. The van der Waals surface area contributed by atoms with E-state index >= 15 is 0 Å². The Morgan fingerprint density at radius 1 is 1.33 bits per heavy atom. The summed E-state index contributed by atoms with van der Waals surface area (Å²) in [6.07, 6.45) is 0. The first-order chi connectivity index (χ1) is 10.0. The SMILES string of the molecule is COCCNC(=O)C(C)NCC(=O)Nc1ccccc1F. The summed E-state index contributed by atoms with van der Waals surface area (Å²) in [4.78, 5) is 23.3. The Balaban J connectivity index is 2.32. The highest BCUT2D eigenvalue weighted by atomic mass is 19.1. The van der Waals surface area contributed by atoms with E-state index in [1.165, 1.54) is 18.2 Å². The standard InChI is InChI=1S/C14H20FN3O3/c1-10(14(20)16-7-8-21-2)17-9-13(19)18-12-6-4-3-5-11(12)15/h3-6,10,17H,7-9H2,1-2H3,(H,16,20)(H,18,19). The number of halogens is 1. The van der Waals surface area contributed by atoms with Gasteiger partial charge in [-0.3, -0.25) is 14.9 Å². The summed E-state index contributed by atoms with van der Waals surface area (Å²) < 4.78 is 18.2. The van der Waals surface area contributed by atoms with E-state index in [2.05, 4.69) is 16.0 Å². The number of ether oxygens (including phenoxy) is 1. The Bertz CT molecular complexity index is 482. The molecule has 0 fully saturated rings. The number of methoxy groups -OCH3 is 1. The van der Waals surface area contributed by atoms with Crippen LogP contribution in [0.5, 0.6) is 0 Å². The molecule has 1 unspecified atom stereocenters. The summed E-state index contributed by atoms with van der Waals surface area (Å²) in [7, 11) is 1.54. The Morgan fingerprint density at radius 3 is 2.71 bits per heavy atom. The van der Waals surface area contributed by atoms with E-state index in [4.69, 9.17) is 4.74 Å². The molecule has 21 heavy (non-hydrogen) atoms. The number of amides is 2. The minimum atomic E-state index is -0.534. The molecule has 7 heteroatoms. The summed E-state index contributed by atoms with van der Waals surface area (Å²) in [5, 5.41) is 7.84. The predicted molar refractivity (Wildman–Crippen MR) is 77.4 cm³/mol. The molecule has 0 aromatic heterocycles. The minimum absolute atomic E-state index is 0.0901. The monoisotopic (exact) mass is 297 g/mol. The van der Waals surface area contributed by atoms with Crippen LogP contribution in [0.4, 0.5) is 10.1 Å². The van der Waals surface area contributed by atoms with E-state index < -0.39 is 17.8 Å². The zero-order chi connectivity index (χ0) is 15.7. The van der Waals surface area contributed by atoms with E-state index in [-0.39, 0.29) is 18.1 Å². The van der Waals surface area contributed by atoms with Gasteiger partial charge in [0.15, 0.2) is 0 Å². The van der Waals surface area contributed by atoms with Crippen LogP contribution in [0.2, 0.25) is 0 Å². The number of anilines is 1. The first-order valence-corrected chi connectivity index (χ1v) is 6.59. The van der Waals surface area contributed by atoms with Gasteiger partial charge >= 0.3 is 0 Å². The van der Waals surface area contributed by atoms with Gasteiger partial charge in [0, 0.05) is 13.7 Å². The van der Waals surface area contributed by atoms with Gasteiger partial charge in [-0.05, 0) is 19.1 Å². The second-order valence-electron chi connectivity index (χ2n) is 4.41. The Hall–Kier alpha value is -1.99. The molecule has 0 aliphatic rings. The fourth-order valence-corrected chi connectivity index (χ4v) is 1.52. The number of benzene rings is 1. The average Bonchev–Trinajstić information content (AvgIpc) is 2.47. The summed E-state index contributed by atoms with van der Waals surface area (Å²) in [5.74, 6) is -1.15. The second-order valence-corrected chi connectivity index (χ2v) is 4.41. The van der Waals surface area contributed by atoms with E-state index in [1.54, 1.807) is 20.1 Å². The third kappa shape index (κ3) is 6.33. The lowest BCUT2D eigenvalue weighted by Crippen LogP contribution is -2.45. The van der Waals surface area contributed by atoms with Crippen molar-refractivity contribution in [3.05, 3.63) is 30.1 Å². The number of hydrogen-bond acceptors (Lipinski definition) is 4. The summed E-state index contributed by atoms with van der Waals surface area (Å²) in [6, 6.07) is 5.35. The molecular formula is C14H20FN3O3. The van der Waals surface area contributed by atoms with E-state index in [9.17, 15) is 14.0 Å². The summed E-state index contributed by atoms with van der Waals surface area (Å²) >= 11 is 0. The van der Waals surface area contributed by atoms with Crippen molar-refractivity contribution in [2.24, 2.45) is 0 Å². The van der Waals surface area contributed by atoms with Crippen LogP contribution in [-0.2, 0) is 14.3 Å². The van der Waals surface area contributed by atoms with Crippen LogP contribution in [0.15, 0.2) is 24.3 Å². The molecule has 116 valence electrons. The van der Waals surface area contributed by atoms with Crippen LogP contribution < -0.4 is 16.0 Å². The molecule has 3 N–H and O–H groups in total. The third-order valence-corrected chi connectivity index (χ3v) is 2.72. The van der Waals surface area contributed by atoms with Gasteiger partial charge < -0.3 is 15.4 Å². The van der Waals surface area contributed by atoms with Crippen molar-refractivity contribution in [1.82, 2.24) is 10.6 Å². The van der Waals surface area contributed by atoms with Crippen molar-refractivity contribution < 1.29 is 18.7 Å². The van der Waals surface area contributed by atoms with Gasteiger partial charge in [0.05, 0.1) is 24.9 Å². The van der Waals surface area contributed by atoms with Gasteiger partial charge in [-0.2, -0.15) is 0 Å². The summed E-state index contributed by atoms with van der Waals surface area (Å²) in [6.45, 7) is 2.38. The number of para-hydroxylation sites is 1. The molecule has 0 bridgehead atoms. The topological polar surface area (TPSA) is 79.5 Å². The van der Waals surface area contributed by atoms with Crippen molar-refractivity contribution in [2.45, 2.75) is 13.0 Å². The number of carbonyl (C=O) groups is 2. The molecule has 1 aromatic carbocycles. The molecule has 0 saturated carbocycles. The molecule has 1 atom stereocenters. The van der Waals surface area contributed by atoms with Gasteiger partial charge in [0.1, 0.15) is 5.82 Å². The quantitative estimate of drug-likeness (QED) is 0.611. The lowest BCUT2D eigenvalue weighted by atomic mass is 10.3. The maximum absolute atomic E-state index is 13.3. The van der Waals surface area contributed by atoms with Crippen molar-refractivity contribution in [1.29, 1.82) is 0 Å². The van der Waals surface area contributed by atoms with Crippen molar-refractivity contribution in [3.63, 3.8) is 0 Å². The zero-order valence-corrected chi connectivity index (χ0v) is 12.1. The number of carbonyl (C=O) groups excluding carboxylic acids is 2. The van der Waals surface area contributed by atoms with E-state index in [0.717, 1.165) is 0 Å². The van der Waals surface area contributed by atoms with Crippen LogP contribution >= 0.6 is 0 Å². The third-order valence-electron chi connectivity index (χ3n) is 2.72. The van der Waals surface area contributed by atoms with Crippen LogP contribution in [0.25, 0.3) is 0 Å². The molecule has 0 radical (unpaired) electrons. The van der Waals surface area contributed by atoms with Crippen molar-refractivity contribution >= 4 is 17.5 Å². The van der Waals surface area contributed by atoms with Gasteiger partial charge in [0.25, 0.3) is 0 Å².